The molecular weight excluding hydrogens is 356 g/mol. The van der Waals surface area contributed by atoms with Crippen LogP contribution in [0.25, 0.3) is 0 Å². The first-order valence-corrected chi connectivity index (χ1v) is 9.08. The molecule has 28 heavy (non-hydrogen) atoms. The second-order valence-electron chi connectivity index (χ2n) is 8.10. The van der Waals surface area contributed by atoms with Crippen LogP contribution in [0.1, 0.15) is 38.2 Å². The number of rotatable bonds is 2. The molecule has 2 aliphatic carbocycles. The Morgan fingerprint density at radius 2 is 1.75 bits per heavy atom. The van der Waals surface area contributed by atoms with E-state index in [1.807, 2.05) is 44.2 Å². The number of nitrogens with two attached hydrogens (primary N) is 1. The maximum absolute atomic E-state index is 13.1. The Hall–Kier alpha value is -3.28. The van der Waals surface area contributed by atoms with Crippen LogP contribution in [0.15, 0.2) is 64.3 Å². The molecule has 0 saturated carbocycles. The summed E-state index contributed by atoms with van der Waals surface area (Å²) in [6.07, 6.45) is 1.60. The Balaban J connectivity index is 1.97. The van der Waals surface area contributed by atoms with Crippen LogP contribution in [0.5, 0.6) is 0 Å². The molecule has 3 aliphatic rings. The number of allylic oxidation sites excluding steroid dienone is 4. The predicted molar refractivity (Wildman–Crippen MR) is 102 cm³/mol. The van der Waals surface area contributed by atoms with Crippen LogP contribution in [0.4, 0.5) is 0 Å². The van der Waals surface area contributed by atoms with Gasteiger partial charge in [-0.2, -0.15) is 0 Å². The largest absolute Gasteiger partial charge is 0.457 e. The number of Topliss-reactive ketones (excluding diaryl/α,β-unsaturated/α-hetero) is 3. The van der Waals surface area contributed by atoms with Crippen molar-refractivity contribution in [2.45, 2.75) is 32.6 Å². The molecular formula is C22H20N2O4. The van der Waals surface area contributed by atoms with Crippen LogP contribution >= 0.6 is 0 Å². The minimum absolute atomic E-state index is 0.0918. The monoisotopic (exact) mass is 376 g/mol. The molecule has 6 heteroatoms. The molecule has 0 bridgehead atoms. The highest BCUT2D eigenvalue weighted by molar-refractivity contribution is 6.32. The first kappa shape index (κ1) is 18.1. The number of carbonyl (C=O) groups is 3. The maximum Gasteiger partial charge on any atom is 0.245 e. The fourth-order valence-electron chi connectivity index (χ4n) is 4.18. The van der Waals surface area contributed by atoms with Gasteiger partial charge in [0.15, 0.2) is 17.3 Å². The third-order valence-electron chi connectivity index (χ3n) is 5.43. The third kappa shape index (κ3) is 2.56. The van der Waals surface area contributed by atoms with Crippen LogP contribution in [0.3, 0.4) is 0 Å². The first-order chi connectivity index (χ1) is 13.2. The zero-order valence-corrected chi connectivity index (χ0v) is 15.7. The quantitative estimate of drug-likeness (QED) is 0.609. The molecule has 1 atom stereocenters. The van der Waals surface area contributed by atoms with Crippen molar-refractivity contribution < 1.29 is 19.1 Å². The number of carbonyl (C=O) groups excluding carboxylic acids is 3. The molecule has 0 spiro atoms. The van der Waals surface area contributed by atoms with Crippen LogP contribution in [-0.4, -0.2) is 23.6 Å². The molecule has 1 aliphatic heterocycles. The Morgan fingerprint density at radius 3 is 2.39 bits per heavy atom. The summed E-state index contributed by atoms with van der Waals surface area (Å²) in [5, 5.41) is 7.52. The van der Waals surface area contributed by atoms with E-state index in [9.17, 15) is 14.4 Å². The van der Waals surface area contributed by atoms with Crippen LogP contribution < -0.4 is 5.73 Å². The van der Waals surface area contributed by atoms with Crippen molar-refractivity contribution in [1.29, 1.82) is 5.41 Å². The highest BCUT2D eigenvalue weighted by Gasteiger charge is 2.48. The Bertz CT molecular complexity index is 1040. The number of ketones is 3. The molecule has 0 aromatic heterocycles. The highest BCUT2D eigenvalue weighted by Crippen LogP contribution is 2.50. The molecule has 0 saturated heterocycles. The fourth-order valence-corrected chi connectivity index (χ4v) is 4.18. The van der Waals surface area contributed by atoms with E-state index in [-0.39, 0.29) is 33.8 Å². The van der Waals surface area contributed by atoms with Crippen molar-refractivity contribution in [2.75, 3.05) is 0 Å². The van der Waals surface area contributed by atoms with E-state index in [0.29, 0.717) is 24.2 Å². The van der Waals surface area contributed by atoms with E-state index in [2.05, 4.69) is 0 Å². The van der Waals surface area contributed by atoms with Crippen molar-refractivity contribution in [3.05, 3.63) is 69.8 Å². The molecule has 1 aromatic rings. The molecule has 1 aromatic carbocycles. The summed E-state index contributed by atoms with van der Waals surface area (Å²) in [4.78, 5) is 39.0. The van der Waals surface area contributed by atoms with Gasteiger partial charge in [-0.3, -0.25) is 14.4 Å². The van der Waals surface area contributed by atoms with Crippen molar-refractivity contribution in [1.82, 2.24) is 0 Å². The molecule has 142 valence electrons. The molecule has 4 rings (SSSR count). The lowest BCUT2D eigenvalue weighted by Gasteiger charge is -2.39. The van der Waals surface area contributed by atoms with Crippen molar-refractivity contribution in [2.24, 2.45) is 11.1 Å². The summed E-state index contributed by atoms with van der Waals surface area (Å²) in [5.74, 6) is -1.64. The lowest BCUT2D eigenvalue weighted by Crippen LogP contribution is -2.39. The third-order valence-corrected chi connectivity index (χ3v) is 5.43. The summed E-state index contributed by atoms with van der Waals surface area (Å²) >= 11 is 0. The summed E-state index contributed by atoms with van der Waals surface area (Å²) in [6, 6.07) is 9.12. The molecule has 0 radical (unpaired) electrons. The van der Waals surface area contributed by atoms with Gasteiger partial charge in [-0.15, -0.1) is 0 Å². The molecule has 1 heterocycles. The van der Waals surface area contributed by atoms with Crippen molar-refractivity contribution in [3.8, 4) is 0 Å². The zero-order chi connectivity index (χ0) is 20.2. The van der Waals surface area contributed by atoms with Crippen molar-refractivity contribution in [3.63, 3.8) is 0 Å². The second kappa shape index (κ2) is 6.12. The lowest BCUT2D eigenvalue weighted by atomic mass is 9.68. The molecule has 1 unspecified atom stereocenters. The van der Waals surface area contributed by atoms with Gasteiger partial charge in [-0.05, 0) is 11.0 Å². The standard InChI is InChI=1S/C22H20N2O4/c1-22(2)8-13(25)16-14(9-22)28-21-17(15(16)11-6-4-3-5-7-11)19(26)12(10-23)18(24)20(21)27/h3-7,10,15,23H,8-9,24H2,1-2H3. The van der Waals surface area contributed by atoms with Gasteiger partial charge in [0.05, 0.1) is 16.8 Å². The van der Waals surface area contributed by atoms with E-state index < -0.39 is 17.5 Å². The Labute approximate surface area is 162 Å². The minimum atomic E-state index is -0.706. The number of hydrogen-bond acceptors (Lipinski definition) is 6. The van der Waals surface area contributed by atoms with Crippen LogP contribution in [-0.2, 0) is 19.1 Å². The molecule has 3 N–H and O–H groups in total. The predicted octanol–water partition coefficient (Wildman–Crippen LogP) is 2.71. The first-order valence-electron chi connectivity index (χ1n) is 9.08. The number of hydrogen-bond donors (Lipinski definition) is 2. The maximum atomic E-state index is 13.1. The van der Waals surface area contributed by atoms with Gasteiger partial charge in [-0.25, -0.2) is 0 Å². The Kier molecular flexibility index (Phi) is 3.96. The van der Waals surface area contributed by atoms with Crippen LogP contribution in [0.2, 0.25) is 0 Å². The van der Waals surface area contributed by atoms with Gasteiger partial charge in [0, 0.05) is 30.5 Å². The number of benzene rings is 1. The van der Waals surface area contributed by atoms with Gasteiger partial charge >= 0.3 is 0 Å². The van der Waals surface area contributed by atoms with E-state index in [4.69, 9.17) is 15.9 Å². The average Bonchev–Trinajstić information content (AvgIpc) is 2.65. The number of ether oxygens (including phenoxy) is 1. The Morgan fingerprint density at radius 1 is 1.07 bits per heavy atom. The van der Waals surface area contributed by atoms with Gasteiger partial charge in [0.1, 0.15) is 5.76 Å². The fraction of sp³-hybridized carbons (Fsp3) is 0.273. The molecule has 6 nitrogen and oxygen atoms in total. The second-order valence-corrected chi connectivity index (χ2v) is 8.10. The van der Waals surface area contributed by atoms with E-state index >= 15 is 0 Å². The van der Waals surface area contributed by atoms with Gasteiger partial charge in [0.25, 0.3) is 0 Å². The topological polar surface area (TPSA) is 110 Å². The van der Waals surface area contributed by atoms with Gasteiger partial charge in [-0.1, -0.05) is 44.2 Å². The summed E-state index contributed by atoms with van der Waals surface area (Å²) in [5.41, 5.74) is 6.30. The highest BCUT2D eigenvalue weighted by atomic mass is 16.5. The van der Waals surface area contributed by atoms with E-state index in [1.54, 1.807) is 0 Å². The smallest absolute Gasteiger partial charge is 0.245 e. The molecule has 0 amide bonds. The van der Waals surface area contributed by atoms with E-state index in [0.717, 1.165) is 11.8 Å². The zero-order valence-electron chi connectivity index (χ0n) is 15.7. The van der Waals surface area contributed by atoms with E-state index in [1.165, 1.54) is 0 Å². The minimum Gasteiger partial charge on any atom is -0.457 e. The SMILES string of the molecule is CC1(C)CC(=O)C2=C(C1)OC1=C(C(=O)C(C=N)=C(N)C1=O)C2c1ccccc1. The summed E-state index contributed by atoms with van der Waals surface area (Å²) < 4.78 is 5.88. The summed E-state index contributed by atoms with van der Waals surface area (Å²) in [6.45, 7) is 3.93. The normalized spacial score (nSPS) is 24.1. The van der Waals surface area contributed by atoms with Crippen molar-refractivity contribution >= 4 is 23.6 Å². The van der Waals surface area contributed by atoms with Crippen LogP contribution in [0, 0.1) is 10.8 Å². The average molecular weight is 376 g/mol. The van der Waals surface area contributed by atoms with Gasteiger partial charge in [0.2, 0.25) is 5.78 Å². The molecule has 0 fully saturated rings. The lowest BCUT2D eigenvalue weighted by molar-refractivity contribution is -0.121. The number of nitrogens with one attached hydrogen (secondary N) is 1. The summed E-state index contributed by atoms with van der Waals surface area (Å²) in [7, 11) is 0. The van der Waals surface area contributed by atoms with Gasteiger partial charge < -0.3 is 15.9 Å².